The van der Waals surface area contributed by atoms with Crippen molar-refractivity contribution in [2.45, 2.75) is 61.9 Å². The van der Waals surface area contributed by atoms with Gasteiger partial charge in [-0.25, -0.2) is 0 Å². The SMILES string of the molecule is N[C@@H](Cc1ccccc1)C(=O)OC[C@H]1O[C@@H](c2ccc(Cl)c(Cc3ccc(O[C@@H]4CCOC4)cc3)c2)[C@H](O)[C@@H](O)[C@@H]1O. The van der Waals surface area contributed by atoms with Crippen LogP contribution in [-0.2, 0) is 31.8 Å². The van der Waals surface area contributed by atoms with E-state index in [0.29, 0.717) is 30.2 Å². The van der Waals surface area contributed by atoms with Crippen LogP contribution in [0.25, 0.3) is 0 Å². The molecule has 2 aliphatic heterocycles. The topological polar surface area (TPSA) is 141 Å². The van der Waals surface area contributed by atoms with Crippen LogP contribution in [0.5, 0.6) is 5.75 Å². The standard InChI is InChI=1S/C32H36ClNO8/c33-25-11-8-21(16-22(25)14-20-6-9-23(10-7-20)41-24-12-13-39-17-24)31-30(37)29(36)28(35)27(42-31)18-40-32(38)26(34)15-19-4-2-1-3-5-19/h1-11,16,24,26-31,35-37H,12-15,17-18,34H2/t24-,26+,27-,28-,29+,30-,31+/m1/s1. The van der Waals surface area contributed by atoms with Gasteiger partial charge in [-0.15, -0.1) is 0 Å². The highest BCUT2D eigenvalue weighted by Gasteiger charge is 2.45. The molecule has 3 aromatic rings. The smallest absolute Gasteiger partial charge is 0.323 e. The van der Waals surface area contributed by atoms with Gasteiger partial charge in [0.25, 0.3) is 0 Å². The van der Waals surface area contributed by atoms with E-state index in [1.54, 1.807) is 18.2 Å². The Bertz CT molecular complexity index is 1320. The van der Waals surface area contributed by atoms with Gasteiger partial charge in [0.05, 0.1) is 13.2 Å². The highest BCUT2D eigenvalue weighted by Crippen LogP contribution is 2.35. The maximum atomic E-state index is 12.5. The van der Waals surface area contributed by atoms with Crippen LogP contribution < -0.4 is 10.5 Å². The second-order valence-corrected chi connectivity index (χ2v) is 11.2. The Labute approximate surface area is 249 Å². The van der Waals surface area contributed by atoms with E-state index in [2.05, 4.69) is 0 Å². The summed E-state index contributed by atoms with van der Waals surface area (Å²) in [6, 6.07) is 21.4. The zero-order valence-corrected chi connectivity index (χ0v) is 23.8. The van der Waals surface area contributed by atoms with Crippen molar-refractivity contribution < 1.29 is 39.1 Å². The van der Waals surface area contributed by atoms with E-state index in [1.165, 1.54) is 0 Å². The lowest BCUT2D eigenvalue weighted by Crippen LogP contribution is -2.55. The van der Waals surface area contributed by atoms with Crippen molar-refractivity contribution in [3.63, 3.8) is 0 Å². The quantitative estimate of drug-likeness (QED) is 0.260. The number of aliphatic hydroxyl groups excluding tert-OH is 3. The molecule has 5 N–H and O–H groups in total. The van der Waals surface area contributed by atoms with E-state index >= 15 is 0 Å². The number of hydrogen-bond acceptors (Lipinski definition) is 9. The number of ether oxygens (including phenoxy) is 4. The largest absolute Gasteiger partial charge is 0.488 e. The van der Waals surface area contributed by atoms with E-state index in [1.807, 2.05) is 54.6 Å². The van der Waals surface area contributed by atoms with Crippen LogP contribution in [0.3, 0.4) is 0 Å². The minimum atomic E-state index is -1.53. The Morgan fingerprint density at radius 3 is 2.45 bits per heavy atom. The maximum absolute atomic E-state index is 12.5. The van der Waals surface area contributed by atoms with Crippen LogP contribution >= 0.6 is 11.6 Å². The van der Waals surface area contributed by atoms with Crippen LogP contribution in [0.2, 0.25) is 5.02 Å². The number of carbonyl (C=O) groups is 1. The van der Waals surface area contributed by atoms with Crippen LogP contribution in [0.4, 0.5) is 0 Å². The van der Waals surface area contributed by atoms with E-state index < -0.39 is 42.5 Å². The van der Waals surface area contributed by atoms with Crippen molar-refractivity contribution in [3.8, 4) is 5.75 Å². The van der Waals surface area contributed by atoms with Crippen molar-refractivity contribution in [2.24, 2.45) is 5.73 Å². The summed E-state index contributed by atoms with van der Waals surface area (Å²) in [5, 5.41) is 32.5. The molecule has 2 heterocycles. The average Bonchev–Trinajstić information content (AvgIpc) is 3.51. The molecule has 0 amide bonds. The van der Waals surface area contributed by atoms with Gasteiger partial charge < -0.3 is 40.0 Å². The predicted molar refractivity (Wildman–Crippen MR) is 155 cm³/mol. The molecule has 0 saturated carbocycles. The summed E-state index contributed by atoms with van der Waals surface area (Å²) in [7, 11) is 0. The lowest BCUT2D eigenvalue weighted by molar-refractivity contribution is -0.234. The average molecular weight is 598 g/mol. The fraction of sp³-hybridized carbons (Fsp3) is 0.406. The Morgan fingerprint density at radius 2 is 1.74 bits per heavy atom. The molecule has 7 atom stereocenters. The second kappa shape index (κ2) is 14.0. The van der Waals surface area contributed by atoms with Gasteiger partial charge in [-0.1, -0.05) is 66.2 Å². The van der Waals surface area contributed by atoms with Crippen LogP contribution in [0, 0.1) is 0 Å². The first-order valence-electron chi connectivity index (χ1n) is 14.1. The fourth-order valence-corrected chi connectivity index (χ4v) is 5.38. The van der Waals surface area contributed by atoms with Crippen molar-refractivity contribution in [3.05, 3.63) is 100 Å². The van der Waals surface area contributed by atoms with Crippen molar-refractivity contribution in [1.82, 2.24) is 0 Å². The number of esters is 1. The molecular formula is C32H36ClNO8. The molecule has 0 aliphatic carbocycles. The van der Waals surface area contributed by atoms with E-state index in [-0.39, 0.29) is 19.1 Å². The summed E-state index contributed by atoms with van der Waals surface area (Å²) >= 11 is 6.52. The van der Waals surface area contributed by atoms with Crippen LogP contribution in [0.15, 0.2) is 72.8 Å². The van der Waals surface area contributed by atoms with Crippen molar-refractivity contribution in [2.75, 3.05) is 19.8 Å². The summed E-state index contributed by atoms with van der Waals surface area (Å²) in [4.78, 5) is 12.5. The molecule has 10 heteroatoms. The molecule has 0 spiro atoms. The number of aliphatic hydroxyl groups is 3. The molecule has 2 aliphatic rings. The zero-order chi connectivity index (χ0) is 29.6. The second-order valence-electron chi connectivity index (χ2n) is 10.8. The summed E-state index contributed by atoms with van der Waals surface area (Å²) in [5.41, 5.74) is 9.25. The first-order chi connectivity index (χ1) is 20.3. The monoisotopic (exact) mass is 597 g/mol. The Morgan fingerprint density at radius 1 is 0.976 bits per heavy atom. The summed E-state index contributed by atoms with van der Waals surface area (Å²) in [6.45, 7) is 0.961. The van der Waals surface area contributed by atoms with Gasteiger partial charge in [0.1, 0.15) is 55.0 Å². The molecule has 2 saturated heterocycles. The molecular weight excluding hydrogens is 562 g/mol. The summed E-state index contributed by atoms with van der Waals surface area (Å²) < 4.78 is 22.6. The predicted octanol–water partition coefficient (Wildman–Crippen LogP) is 2.73. The van der Waals surface area contributed by atoms with E-state index in [4.69, 9.17) is 36.3 Å². The summed E-state index contributed by atoms with van der Waals surface area (Å²) in [6.07, 6.45) is -4.77. The van der Waals surface area contributed by atoms with Gasteiger partial charge in [0.2, 0.25) is 0 Å². The third kappa shape index (κ3) is 7.48. The molecule has 5 rings (SSSR count). The van der Waals surface area contributed by atoms with Gasteiger partial charge in [-0.2, -0.15) is 0 Å². The molecule has 9 nitrogen and oxygen atoms in total. The highest BCUT2D eigenvalue weighted by molar-refractivity contribution is 6.31. The van der Waals surface area contributed by atoms with Gasteiger partial charge in [0, 0.05) is 11.4 Å². The number of halogens is 1. The molecule has 3 aromatic carbocycles. The molecule has 42 heavy (non-hydrogen) atoms. The van der Waals surface area contributed by atoms with Gasteiger partial charge >= 0.3 is 5.97 Å². The third-order valence-corrected chi connectivity index (χ3v) is 7.98. The van der Waals surface area contributed by atoms with Gasteiger partial charge in [-0.05, 0) is 53.3 Å². The third-order valence-electron chi connectivity index (χ3n) is 7.61. The highest BCUT2D eigenvalue weighted by atomic mass is 35.5. The lowest BCUT2D eigenvalue weighted by atomic mass is 9.90. The lowest BCUT2D eigenvalue weighted by Gasteiger charge is -2.40. The fourth-order valence-electron chi connectivity index (χ4n) is 5.20. The zero-order valence-electron chi connectivity index (χ0n) is 23.1. The summed E-state index contributed by atoms with van der Waals surface area (Å²) in [5.74, 6) is 0.113. The van der Waals surface area contributed by atoms with E-state index in [0.717, 1.165) is 28.9 Å². The normalized spacial score (nSPS) is 26.5. The first-order valence-corrected chi connectivity index (χ1v) is 14.4. The first kappa shape index (κ1) is 30.4. The molecule has 0 unspecified atom stereocenters. The minimum Gasteiger partial charge on any atom is -0.488 e. The Balaban J connectivity index is 1.23. The number of benzene rings is 3. The molecule has 0 radical (unpaired) electrons. The van der Waals surface area contributed by atoms with E-state index in [9.17, 15) is 20.1 Å². The molecule has 0 bridgehead atoms. The van der Waals surface area contributed by atoms with Crippen molar-refractivity contribution >= 4 is 17.6 Å². The Kier molecular flexibility index (Phi) is 10.1. The minimum absolute atomic E-state index is 0.0659. The van der Waals surface area contributed by atoms with Crippen molar-refractivity contribution in [1.29, 1.82) is 0 Å². The molecule has 224 valence electrons. The van der Waals surface area contributed by atoms with Gasteiger partial charge in [-0.3, -0.25) is 4.79 Å². The van der Waals surface area contributed by atoms with Crippen LogP contribution in [0.1, 0.15) is 34.8 Å². The molecule has 2 fully saturated rings. The Hall–Kier alpha value is -3.02. The molecule has 0 aromatic heterocycles. The number of rotatable bonds is 10. The number of hydrogen-bond donors (Lipinski definition) is 4. The number of carbonyl (C=O) groups excluding carboxylic acids is 1. The maximum Gasteiger partial charge on any atom is 0.323 e. The van der Waals surface area contributed by atoms with Crippen LogP contribution in [-0.4, -0.2) is 77.7 Å². The van der Waals surface area contributed by atoms with Gasteiger partial charge in [0.15, 0.2) is 0 Å². The number of nitrogens with two attached hydrogens (primary N) is 1.